The normalized spacial score (nSPS) is 17.2. The topological polar surface area (TPSA) is 87.9 Å². The highest BCUT2D eigenvalue weighted by Crippen LogP contribution is 2.53. The first-order chi connectivity index (χ1) is 17.7. The Morgan fingerprint density at radius 1 is 1.14 bits per heavy atom. The van der Waals surface area contributed by atoms with Gasteiger partial charge < -0.3 is 23.9 Å². The second-order valence-electron chi connectivity index (χ2n) is 8.10. The molecule has 3 rings (SSSR count). The molecule has 11 heteroatoms. The fraction of sp³-hybridized carbons (Fsp3) is 0.346. The first-order valence-electron chi connectivity index (χ1n) is 11.2. The lowest BCUT2D eigenvalue weighted by molar-refractivity contribution is -0.133. The molecule has 2 aromatic rings. The van der Waals surface area contributed by atoms with E-state index in [9.17, 15) is 9.18 Å². The molecule has 0 saturated heterocycles. The Labute approximate surface area is 224 Å². The summed E-state index contributed by atoms with van der Waals surface area (Å²) in [6, 6.07) is 11.4. The number of hydrogen-bond acceptors (Lipinski definition) is 8. The number of methoxy groups -OCH3 is 2. The number of halogens is 3. The summed E-state index contributed by atoms with van der Waals surface area (Å²) >= 11 is 12.0. The Hall–Kier alpha value is -3.30. The number of esters is 1. The molecule has 8 nitrogen and oxygen atoms in total. The Bertz CT molecular complexity index is 1220. The van der Waals surface area contributed by atoms with Crippen LogP contribution in [0.2, 0.25) is 0 Å². The van der Waals surface area contributed by atoms with Crippen molar-refractivity contribution in [1.82, 2.24) is 0 Å². The highest BCUT2D eigenvalue weighted by atomic mass is 35.5. The van der Waals surface area contributed by atoms with Crippen LogP contribution in [0.5, 0.6) is 5.75 Å². The molecule has 0 N–H and O–H groups in total. The van der Waals surface area contributed by atoms with E-state index in [4.69, 9.17) is 47.1 Å². The van der Waals surface area contributed by atoms with Gasteiger partial charge in [0.25, 0.3) is 0 Å². The van der Waals surface area contributed by atoms with Gasteiger partial charge in [0, 0.05) is 23.1 Å². The van der Waals surface area contributed by atoms with E-state index in [0.29, 0.717) is 23.3 Å². The number of oxime groups is 2. The standard InChI is InChI=1S/C26H27Cl2FN2O6/c1-16(30-37-13-17-7-5-6-8-20(17)22(15-33-2)25(32)34-3)24(31-35-4)21-10-9-19(11-23(21)29)36-14-18-12-26(18,27)28/h5-11,15,18H,12-14H2,1-4H3. The van der Waals surface area contributed by atoms with Gasteiger partial charge in [-0.15, -0.1) is 23.2 Å². The Morgan fingerprint density at radius 2 is 1.86 bits per heavy atom. The van der Waals surface area contributed by atoms with Gasteiger partial charge in [0.15, 0.2) is 0 Å². The summed E-state index contributed by atoms with van der Waals surface area (Å²) in [5.41, 5.74) is 1.98. The Morgan fingerprint density at radius 3 is 2.49 bits per heavy atom. The van der Waals surface area contributed by atoms with Crippen molar-refractivity contribution in [2.45, 2.75) is 24.3 Å². The first kappa shape index (κ1) is 28.3. The van der Waals surface area contributed by atoms with Crippen molar-refractivity contribution in [3.63, 3.8) is 0 Å². The third-order valence-electron chi connectivity index (χ3n) is 5.50. The summed E-state index contributed by atoms with van der Waals surface area (Å²) in [6.07, 6.45) is 1.93. The summed E-state index contributed by atoms with van der Waals surface area (Å²) in [5, 5.41) is 8.01. The van der Waals surface area contributed by atoms with Gasteiger partial charge in [-0.3, -0.25) is 0 Å². The average molecular weight is 553 g/mol. The molecule has 0 aromatic heterocycles. The summed E-state index contributed by atoms with van der Waals surface area (Å²) in [7, 11) is 4.06. The zero-order valence-electron chi connectivity index (χ0n) is 20.8. The van der Waals surface area contributed by atoms with Gasteiger partial charge in [-0.05, 0) is 31.0 Å². The SMILES string of the molecule is COC=C(C(=O)OC)c1ccccc1CON=C(C)C(=NOC)c1ccc(OCC2CC2(Cl)Cl)cc1F. The van der Waals surface area contributed by atoms with Gasteiger partial charge in [-0.2, -0.15) is 0 Å². The van der Waals surface area contributed by atoms with Gasteiger partial charge in [0.2, 0.25) is 0 Å². The molecule has 0 bridgehead atoms. The van der Waals surface area contributed by atoms with Gasteiger partial charge in [0.05, 0.1) is 27.1 Å². The van der Waals surface area contributed by atoms with E-state index in [2.05, 4.69) is 10.3 Å². The molecule has 1 aliphatic carbocycles. The number of alkyl halides is 2. The second-order valence-corrected chi connectivity index (χ2v) is 9.65. The molecule has 1 atom stereocenters. The molecular formula is C26H27Cl2FN2O6. The van der Waals surface area contributed by atoms with Crippen LogP contribution < -0.4 is 4.74 Å². The lowest BCUT2D eigenvalue weighted by atomic mass is 10.0. The summed E-state index contributed by atoms with van der Waals surface area (Å²) < 4.78 is 29.7. The lowest BCUT2D eigenvalue weighted by Gasteiger charge is -2.12. The number of carbonyl (C=O) groups is 1. The van der Waals surface area contributed by atoms with Crippen LogP contribution >= 0.6 is 23.2 Å². The number of benzene rings is 2. The van der Waals surface area contributed by atoms with Crippen molar-refractivity contribution in [2.75, 3.05) is 27.9 Å². The maximum Gasteiger partial charge on any atom is 0.341 e. The fourth-order valence-corrected chi connectivity index (χ4v) is 3.93. The molecule has 0 amide bonds. The van der Waals surface area contributed by atoms with Crippen LogP contribution in [0.15, 0.2) is 59.0 Å². The zero-order chi connectivity index (χ0) is 27.0. The van der Waals surface area contributed by atoms with E-state index in [1.165, 1.54) is 39.7 Å². The third kappa shape index (κ3) is 7.36. The van der Waals surface area contributed by atoms with Crippen LogP contribution in [-0.2, 0) is 30.6 Å². The van der Waals surface area contributed by atoms with Crippen LogP contribution in [0.3, 0.4) is 0 Å². The van der Waals surface area contributed by atoms with Crippen molar-refractivity contribution in [3.05, 3.63) is 71.2 Å². The molecule has 1 aliphatic rings. The Balaban J connectivity index is 1.74. The van der Waals surface area contributed by atoms with E-state index in [1.807, 2.05) is 0 Å². The summed E-state index contributed by atoms with van der Waals surface area (Å²) in [6.45, 7) is 1.90. The maximum absolute atomic E-state index is 15.0. The minimum absolute atomic E-state index is 0.00485. The van der Waals surface area contributed by atoms with Gasteiger partial charge in [0.1, 0.15) is 46.6 Å². The van der Waals surface area contributed by atoms with E-state index in [-0.39, 0.29) is 41.7 Å². The zero-order valence-corrected chi connectivity index (χ0v) is 22.3. The van der Waals surface area contributed by atoms with Gasteiger partial charge in [-0.1, -0.05) is 34.6 Å². The van der Waals surface area contributed by atoms with Crippen molar-refractivity contribution in [3.8, 4) is 5.75 Å². The van der Waals surface area contributed by atoms with E-state index < -0.39 is 16.1 Å². The molecule has 1 unspecified atom stereocenters. The predicted octanol–water partition coefficient (Wildman–Crippen LogP) is 5.50. The number of carbonyl (C=O) groups excluding carboxylic acids is 1. The van der Waals surface area contributed by atoms with Crippen molar-refractivity contribution < 1.29 is 33.1 Å². The molecule has 0 aliphatic heterocycles. The highest BCUT2D eigenvalue weighted by molar-refractivity contribution is 6.50. The molecule has 0 spiro atoms. The number of ether oxygens (including phenoxy) is 3. The van der Waals surface area contributed by atoms with Gasteiger partial charge >= 0.3 is 5.97 Å². The van der Waals surface area contributed by atoms with Crippen LogP contribution in [0, 0.1) is 11.7 Å². The molecule has 1 saturated carbocycles. The monoisotopic (exact) mass is 552 g/mol. The van der Waals surface area contributed by atoms with Crippen LogP contribution in [0.4, 0.5) is 4.39 Å². The van der Waals surface area contributed by atoms with E-state index in [1.54, 1.807) is 37.3 Å². The number of rotatable bonds is 12. The molecule has 0 radical (unpaired) electrons. The van der Waals surface area contributed by atoms with Gasteiger partial charge in [-0.25, -0.2) is 9.18 Å². The van der Waals surface area contributed by atoms with Crippen LogP contribution in [-0.4, -0.2) is 49.7 Å². The smallest absolute Gasteiger partial charge is 0.341 e. The Kier molecular flexibility index (Phi) is 9.77. The first-order valence-corrected chi connectivity index (χ1v) is 12.0. The molecule has 37 heavy (non-hydrogen) atoms. The maximum atomic E-state index is 15.0. The highest BCUT2D eigenvalue weighted by Gasteiger charge is 2.52. The molecule has 0 heterocycles. The molecular weight excluding hydrogens is 526 g/mol. The quantitative estimate of drug-likeness (QED) is 0.0862. The molecule has 198 valence electrons. The van der Waals surface area contributed by atoms with Crippen molar-refractivity contribution >= 4 is 46.2 Å². The average Bonchev–Trinajstić information content (AvgIpc) is 3.51. The largest absolute Gasteiger partial charge is 0.503 e. The third-order valence-corrected chi connectivity index (χ3v) is 6.42. The minimum Gasteiger partial charge on any atom is -0.503 e. The number of nitrogens with zero attached hydrogens (tertiary/aromatic N) is 2. The summed E-state index contributed by atoms with van der Waals surface area (Å²) in [4.78, 5) is 22.6. The van der Waals surface area contributed by atoms with Crippen LogP contribution in [0.25, 0.3) is 5.57 Å². The van der Waals surface area contributed by atoms with Crippen molar-refractivity contribution in [2.24, 2.45) is 16.2 Å². The fourth-order valence-electron chi connectivity index (χ4n) is 3.43. The van der Waals surface area contributed by atoms with E-state index >= 15 is 0 Å². The summed E-state index contributed by atoms with van der Waals surface area (Å²) in [5.74, 6) is -0.802. The second kappa shape index (κ2) is 12.8. The van der Waals surface area contributed by atoms with E-state index in [0.717, 1.165) is 0 Å². The van der Waals surface area contributed by atoms with Crippen molar-refractivity contribution in [1.29, 1.82) is 0 Å². The predicted molar refractivity (Wildman–Crippen MR) is 139 cm³/mol. The molecule has 2 aromatic carbocycles. The number of hydrogen-bond donors (Lipinski definition) is 0. The lowest BCUT2D eigenvalue weighted by Crippen LogP contribution is -2.15. The molecule has 1 fully saturated rings. The van der Waals surface area contributed by atoms with Crippen LogP contribution in [0.1, 0.15) is 30.0 Å². The minimum atomic E-state index is -0.772.